The Labute approximate surface area is 177 Å². The molecule has 0 amide bonds. The van der Waals surface area contributed by atoms with Crippen LogP contribution in [0.25, 0.3) is 0 Å². The Bertz CT molecular complexity index is 558. The molecule has 1 saturated heterocycles. The van der Waals surface area contributed by atoms with Crippen LogP contribution in [0.2, 0.25) is 0 Å². The van der Waals surface area contributed by atoms with E-state index in [0.717, 1.165) is 58.3 Å². The molecule has 6 nitrogen and oxygen atoms in total. The number of piperidine rings is 1. The number of likely N-dealkylation sites (tertiary alicyclic amines) is 1. The number of nitrogens with one attached hydrogen (secondary N) is 2. The molecule has 2 rings (SSSR count). The van der Waals surface area contributed by atoms with Crippen LogP contribution in [0, 0.1) is 5.92 Å². The zero-order chi connectivity index (χ0) is 20.7. The van der Waals surface area contributed by atoms with Crippen LogP contribution in [0.1, 0.15) is 33.1 Å². The Morgan fingerprint density at radius 1 is 1.17 bits per heavy atom. The molecule has 2 N–H and O–H groups in total. The second kappa shape index (κ2) is 14.2. The first kappa shape index (κ1) is 23.5. The average Bonchev–Trinajstić information content (AvgIpc) is 2.77. The number of benzene rings is 1. The fraction of sp³-hybridized carbons (Fsp3) is 0.696. The van der Waals surface area contributed by atoms with Gasteiger partial charge < -0.3 is 25.2 Å². The molecule has 0 atom stereocenters. The van der Waals surface area contributed by atoms with Crippen molar-refractivity contribution >= 4 is 11.6 Å². The monoisotopic (exact) mass is 403 g/mol. The maximum Gasteiger partial charge on any atom is 0.191 e. The number of hydrogen-bond acceptors (Lipinski definition) is 4. The molecule has 29 heavy (non-hydrogen) atoms. The van der Waals surface area contributed by atoms with Gasteiger partial charge >= 0.3 is 0 Å². The van der Waals surface area contributed by atoms with Gasteiger partial charge in [-0.3, -0.25) is 4.99 Å². The summed E-state index contributed by atoms with van der Waals surface area (Å²) in [4.78, 5) is 9.78. The van der Waals surface area contributed by atoms with Gasteiger partial charge in [-0.25, -0.2) is 0 Å². The summed E-state index contributed by atoms with van der Waals surface area (Å²) in [6.45, 7) is 13.4. The molecule has 164 valence electrons. The normalized spacial score (nSPS) is 16.0. The van der Waals surface area contributed by atoms with Gasteiger partial charge in [-0.1, -0.05) is 18.2 Å². The van der Waals surface area contributed by atoms with Crippen LogP contribution in [0.5, 0.6) is 0 Å². The molecular weight excluding hydrogens is 362 g/mol. The standard InChI is InChI=1S/C23H41N5O/c1-4-24-23(26-20-21-12-16-27(17-13-21)18-19-29-3)25-14-9-15-28(5-2)22-10-7-6-8-11-22/h6-8,10-11,21H,4-5,9,12-20H2,1-3H3,(H2,24,25,26). The summed E-state index contributed by atoms with van der Waals surface area (Å²) in [6, 6.07) is 10.6. The molecule has 1 aliphatic rings. The van der Waals surface area contributed by atoms with Gasteiger partial charge in [-0.15, -0.1) is 0 Å². The molecular formula is C23H41N5O. The van der Waals surface area contributed by atoms with Crippen molar-refractivity contribution in [2.24, 2.45) is 10.9 Å². The first-order valence-electron chi connectivity index (χ1n) is 11.3. The molecule has 0 aliphatic carbocycles. The van der Waals surface area contributed by atoms with Gasteiger partial charge in [0.25, 0.3) is 0 Å². The van der Waals surface area contributed by atoms with E-state index in [1.165, 1.54) is 31.6 Å². The maximum absolute atomic E-state index is 5.19. The van der Waals surface area contributed by atoms with Gasteiger partial charge in [0.05, 0.1) is 6.61 Å². The van der Waals surface area contributed by atoms with E-state index in [1.807, 2.05) is 0 Å². The molecule has 6 heteroatoms. The smallest absolute Gasteiger partial charge is 0.191 e. The minimum Gasteiger partial charge on any atom is -0.383 e. The van der Waals surface area contributed by atoms with Crippen LogP contribution >= 0.6 is 0 Å². The lowest BCUT2D eigenvalue weighted by Gasteiger charge is -2.31. The fourth-order valence-electron chi connectivity index (χ4n) is 3.76. The highest BCUT2D eigenvalue weighted by molar-refractivity contribution is 5.79. The molecule has 0 bridgehead atoms. The third-order valence-electron chi connectivity index (χ3n) is 5.57. The molecule has 1 aromatic rings. The summed E-state index contributed by atoms with van der Waals surface area (Å²) < 4.78 is 5.19. The lowest BCUT2D eigenvalue weighted by atomic mass is 9.97. The number of rotatable bonds is 12. The Balaban J connectivity index is 1.69. The highest BCUT2D eigenvalue weighted by atomic mass is 16.5. The molecule has 0 aromatic heterocycles. The Morgan fingerprint density at radius 2 is 1.93 bits per heavy atom. The van der Waals surface area contributed by atoms with E-state index in [1.54, 1.807) is 7.11 Å². The summed E-state index contributed by atoms with van der Waals surface area (Å²) in [5, 5.41) is 6.90. The van der Waals surface area contributed by atoms with Gasteiger partial charge in [0.15, 0.2) is 5.96 Å². The third-order valence-corrected chi connectivity index (χ3v) is 5.57. The van der Waals surface area contributed by atoms with E-state index < -0.39 is 0 Å². The number of methoxy groups -OCH3 is 1. The molecule has 0 radical (unpaired) electrons. The molecule has 1 aliphatic heterocycles. The van der Waals surface area contributed by atoms with E-state index in [2.05, 4.69) is 64.6 Å². The number of para-hydroxylation sites is 1. The van der Waals surface area contributed by atoms with Crippen molar-refractivity contribution in [3.8, 4) is 0 Å². The first-order chi connectivity index (χ1) is 14.3. The zero-order valence-corrected chi connectivity index (χ0v) is 18.7. The summed E-state index contributed by atoms with van der Waals surface area (Å²) in [5.41, 5.74) is 1.30. The second-order valence-corrected chi connectivity index (χ2v) is 7.69. The van der Waals surface area contributed by atoms with Crippen molar-refractivity contribution < 1.29 is 4.74 Å². The molecule has 1 fully saturated rings. The number of anilines is 1. The SMILES string of the molecule is CCNC(=NCC1CCN(CCOC)CC1)NCCCN(CC)c1ccccc1. The first-order valence-corrected chi connectivity index (χ1v) is 11.3. The predicted octanol–water partition coefficient (Wildman–Crippen LogP) is 2.82. The molecule has 0 saturated carbocycles. The molecule has 0 spiro atoms. The van der Waals surface area contributed by atoms with Gasteiger partial charge in [-0.2, -0.15) is 0 Å². The molecule has 1 heterocycles. The van der Waals surface area contributed by atoms with Gasteiger partial charge in [0, 0.05) is 52.1 Å². The van der Waals surface area contributed by atoms with E-state index in [0.29, 0.717) is 5.92 Å². The minimum atomic E-state index is 0.693. The lowest BCUT2D eigenvalue weighted by Crippen LogP contribution is -2.40. The average molecular weight is 404 g/mol. The Kier molecular flexibility index (Phi) is 11.5. The molecule has 1 aromatic carbocycles. The van der Waals surface area contributed by atoms with Crippen LogP contribution < -0.4 is 15.5 Å². The maximum atomic E-state index is 5.19. The van der Waals surface area contributed by atoms with Crippen LogP contribution in [-0.4, -0.2) is 76.9 Å². The Hall–Kier alpha value is -1.79. The number of aliphatic imine (C=N–C) groups is 1. The van der Waals surface area contributed by atoms with Crippen molar-refractivity contribution in [1.82, 2.24) is 15.5 Å². The summed E-state index contributed by atoms with van der Waals surface area (Å²) in [6.07, 6.45) is 3.55. The zero-order valence-electron chi connectivity index (χ0n) is 18.7. The van der Waals surface area contributed by atoms with Crippen molar-refractivity contribution in [3.05, 3.63) is 30.3 Å². The highest BCUT2D eigenvalue weighted by Crippen LogP contribution is 2.17. The van der Waals surface area contributed by atoms with Crippen LogP contribution in [0.3, 0.4) is 0 Å². The number of hydrogen-bond donors (Lipinski definition) is 2. The number of ether oxygens (including phenoxy) is 1. The molecule has 0 unspecified atom stereocenters. The highest BCUT2D eigenvalue weighted by Gasteiger charge is 2.18. The number of nitrogens with zero attached hydrogens (tertiary/aromatic N) is 3. The second-order valence-electron chi connectivity index (χ2n) is 7.69. The summed E-state index contributed by atoms with van der Waals surface area (Å²) in [5.74, 6) is 1.65. The number of guanidine groups is 1. The lowest BCUT2D eigenvalue weighted by molar-refractivity contribution is 0.121. The summed E-state index contributed by atoms with van der Waals surface area (Å²) >= 11 is 0. The third kappa shape index (κ3) is 9.05. The van der Waals surface area contributed by atoms with Gasteiger partial charge in [-0.05, 0) is 64.3 Å². The van der Waals surface area contributed by atoms with Gasteiger partial charge in [0.1, 0.15) is 0 Å². The fourth-order valence-corrected chi connectivity index (χ4v) is 3.76. The van der Waals surface area contributed by atoms with Crippen molar-refractivity contribution in [3.63, 3.8) is 0 Å². The predicted molar refractivity (Wildman–Crippen MR) is 124 cm³/mol. The van der Waals surface area contributed by atoms with Crippen molar-refractivity contribution in [2.45, 2.75) is 33.1 Å². The van der Waals surface area contributed by atoms with E-state index in [4.69, 9.17) is 9.73 Å². The minimum absolute atomic E-state index is 0.693. The largest absolute Gasteiger partial charge is 0.383 e. The Morgan fingerprint density at radius 3 is 2.59 bits per heavy atom. The topological polar surface area (TPSA) is 52.1 Å². The summed E-state index contributed by atoms with van der Waals surface area (Å²) in [7, 11) is 1.78. The quantitative estimate of drug-likeness (QED) is 0.319. The van der Waals surface area contributed by atoms with E-state index in [9.17, 15) is 0 Å². The van der Waals surface area contributed by atoms with Crippen LogP contribution in [0.15, 0.2) is 35.3 Å². The van der Waals surface area contributed by atoms with Gasteiger partial charge in [0.2, 0.25) is 0 Å². The van der Waals surface area contributed by atoms with E-state index in [-0.39, 0.29) is 0 Å². The van der Waals surface area contributed by atoms with Crippen molar-refractivity contribution in [2.75, 3.05) is 71.0 Å². The van der Waals surface area contributed by atoms with Crippen molar-refractivity contribution in [1.29, 1.82) is 0 Å². The van der Waals surface area contributed by atoms with Crippen LogP contribution in [-0.2, 0) is 4.74 Å². The van der Waals surface area contributed by atoms with Crippen LogP contribution in [0.4, 0.5) is 5.69 Å². The van der Waals surface area contributed by atoms with E-state index >= 15 is 0 Å².